The molecule has 0 heterocycles. The van der Waals surface area contributed by atoms with E-state index in [9.17, 15) is 4.79 Å². The van der Waals surface area contributed by atoms with Crippen LogP contribution in [-0.2, 0) is 9.53 Å². The lowest BCUT2D eigenvalue weighted by Gasteiger charge is -2.05. The van der Waals surface area contributed by atoms with E-state index in [0.717, 1.165) is 15.4 Å². The molecule has 0 radical (unpaired) electrons. The molecule has 3 heteroatoms. The van der Waals surface area contributed by atoms with Gasteiger partial charge in [-0.05, 0) is 58.3 Å². The zero-order chi connectivity index (χ0) is 15.5. The van der Waals surface area contributed by atoms with Crippen molar-refractivity contribution in [2.24, 2.45) is 0 Å². The number of hydrogen-bond acceptors (Lipinski definition) is 2. The Morgan fingerprint density at radius 3 is 2.45 bits per heavy atom. The Kier molecular flexibility index (Phi) is 4.25. The third-order valence-corrected chi connectivity index (χ3v) is 4.01. The molecule has 110 valence electrons. The second kappa shape index (κ2) is 6.32. The molecule has 0 unspecified atom stereocenters. The SMILES string of the molecule is CCOC(=O)C=Cc1ccc2c(ccc3cc(Br)ccc32)c1. The predicted octanol–water partition coefficient (Wildman–Crippen LogP) is 5.33. The van der Waals surface area contributed by atoms with E-state index in [4.69, 9.17) is 4.74 Å². The summed E-state index contributed by atoms with van der Waals surface area (Å²) in [5, 5.41) is 4.79. The lowest BCUT2D eigenvalue weighted by molar-refractivity contribution is -0.137. The molecule has 0 aliphatic carbocycles. The van der Waals surface area contributed by atoms with E-state index >= 15 is 0 Å². The molecule has 0 spiro atoms. The van der Waals surface area contributed by atoms with Crippen molar-refractivity contribution in [2.75, 3.05) is 6.61 Å². The average Bonchev–Trinajstić information content (AvgIpc) is 2.52. The van der Waals surface area contributed by atoms with Crippen LogP contribution in [0, 0.1) is 0 Å². The Bertz CT molecular complexity index is 881. The number of benzene rings is 3. The van der Waals surface area contributed by atoms with Crippen molar-refractivity contribution in [3.8, 4) is 0 Å². The van der Waals surface area contributed by atoms with Crippen molar-refractivity contribution in [1.29, 1.82) is 0 Å². The second-order valence-corrected chi connectivity index (χ2v) is 5.91. The van der Waals surface area contributed by atoms with Gasteiger partial charge in [0.05, 0.1) is 6.61 Å². The van der Waals surface area contributed by atoms with Gasteiger partial charge >= 0.3 is 5.97 Å². The van der Waals surface area contributed by atoms with Crippen LogP contribution >= 0.6 is 15.9 Å². The van der Waals surface area contributed by atoms with Gasteiger partial charge in [0.2, 0.25) is 0 Å². The van der Waals surface area contributed by atoms with Crippen LogP contribution in [0.3, 0.4) is 0 Å². The summed E-state index contributed by atoms with van der Waals surface area (Å²) >= 11 is 3.50. The number of hydrogen-bond donors (Lipinski definition) is 0. The number of carbonyl (C=O) groups is 1. The molecular weight excluding hydrogens is 340 g/mol. The van der Waals surface area contributed by atoms with Crippen molar-refractivity contribution >= 4 is 49.5 Å². The summed E-state index contributed by atoms with van der Waals surface area (Å²) in [6.07, 6.45) is 3.24. The average molecular weight is 355 g/mol. The Balaban J connectivity index is 2.02. The van der Waals surface area contributed by atoms with Crippen LogP contribution in [-0.4, -0.2) is 12.6 Å². The first kappa shape index (κ1) is 14.8. The fourth-order valence-electron chi connectivity index (χ4n) is 2.52. The summed E-state index contributed by atoms with van der Waals surface area (Å²) < 4.78 is 5.97. The van der Waals surface area contributed by atoms with E-state index in [2.05, 4.69) is 58.4 Å². The second-order valence-electron chi connectivity index (χ2n) is 5.00. The Hall–Kier alpha value is -2.13. The highest BCUT2D eigenvalue weighted by molar-refractivity contribution is 9.10. The molecule has 0 N–H and O–H groups in total. The highest BCUT2D eigenvalue weighted by Gasteiger charge is 2.02. The topological polar surface area (TPSA) is 26.3 Å². The van der Waals surface area contributed by atoms with E-state index in [1.807, 2.05) is 6.07 Å². The molecule has 3 aromatic carbocycles. The molecule has 0 fully saturated rings. The van der Waals surface area contributed by atoms with Gasteiger partial charge in [0.15, 0.2) is 0 Å². The van der Waals surface area contributed by atoms with Crippen molar-refractivity contribution in [1.82, 2.24) is 0 Å². The minimum Gasteiger partial charge on any atom is -0.463 e. The van der Waals surface area contributed by atoms with Crippen LogP contribution in [0.2, 0.25) is 0 Å². The van der Waals surface area contributed by atoms with Crippen LogP contribution in [0.4, 0.5) is 0 Å². The fourth-order valence-corrected chi connectivity index (χ4v) is 2.90. The summed E-state index contributed by atoms with van der Waals surface area (Å²) in [5.74, 6) is -0.314. The standard InChI is InChI=1S/C19H15BrO2/c1-2-22-19(21)10-4-13-3-8-17-14(11-13)5-6-15-12-16(20)7-9-18(15)17/h3-12H,2H2,1H3. The van der Waals surface area contributed by atoms with Gasteiger partial charge in [0.25, 0.3) is 0 Å². The third kappa shape index (κ3) is 3.04. The molecule has 0 bridgehead atoms. The van der Waals surface area contributed by atoms with Gasteiger partial charge in [0.1, 0.15) is 0 Å². The molecule has 3 rings (SSSR count). The van der Waals surface area contributed by atoms with E-state index in [1.54, 1.807) is 13.0 Å². The Labute approximate surface area is 137 Å². The molecule has 0 aliphatic rings. The first-order valence-corrected chi connectivity index (χ1v) is 7.93. The number of halogens is 1. The van der Waals surface area contributed by atoms with Gasteiger partial charge in [0, 0.05) is 10.5 Å². The molecule has 0 aliphatic heterocycles. The van der Waals surface area contributed by atoms with Gasteiger partial charge in [-0.15, -0.1) is 0 Å². The lowest BCUT2D eigenvalue weighted by Crippen LogP contribution is -1.98. The Morgan fingerprint density at radius 2 is 1.73 bits per heavy atom. The van der Waals surface area contributed by atoms with Gasteiger partial charge in [-0.1, -0.05) is 46.3 Å². The zero-order valence-corrected chi connectivity index (χ0v) is 13.8. The quantitative estimate of drug-likeness (QED) is 0.361. The number of fused-ring (bicyclic) bond motifs is 3. The van der Waals surface area contributed by atoms with Crippen LogP contribution in [0.15, 0.2) is 59.1 Å². The van der Waals surface area contributed by atoms with Gasteiger partial charge in [-0.25, -0.2) is 4.79 Å². The highest BCUT2D eigenvalue weighted by atomic mass is 79.9. The van der Waals surface area contributed by atoms with Gasteiger partial charge in [-0.2, -0.15) is 0 Å². The highest BCUT2D eigenvalue weighted by Crippen LogP contribution is 2.28. The van der Waals surface area contributed by atoms with Crippen LogP contribution in [0.5, 0.6) is 0 Å². The zero-order valence-electron chi connectivity index (χ0n) is 12.2. The fraction of sp³-hybridized carbons (Fsp3) is 0.105. The summed E-state index contributed by atoms with van der Waals surface area (Å²) in [7, 11) is 0. The van der Waals surface area contributed by atoms with E-state index < -0.39 is 0 Å². The van der Waals surface area contributed by atoms with E-state index in [1.165, 1.54) is 22.2 Å². The molecular formula is C19H15BrO2. The van der Waals surface area contributed by atoms with E-state index in [-0.39, 0.29) is 5.97 Å². The first-order valence-electron chi connectivity index (χ1n) is 7.14. The van der Waals surface area contributed by atoms with Crippen molar-refractivity contribution in [2.45, 2.75) is 6.92 Å². The molecule has 22 heavy (non-hydrogen) atoms. The third-order valence-electron chi connectivity index (χ3n) is 3.52. The summed E-state index contributed by atoms with van der Waals surface area (Å²) in [5.41, 5.74) is 0.983. The monoisotopic (exact) mass is 354 g/mol. The summed E-state index contributed by atoms with van der Waals surface area (Å²) in [4.78, 5) is 11.4. The number of rotatable bonds is 3. The van der Waals surface area contributed by atoms with E-state index in [0.29, 0.717) is 6.61 Å². The van der Waals surface area contributed by atoms with Crippen molar-refractivity contribution < 1.29 is 9.53 Å². The maximum atomic E-state index is 11.4. The van der Waals surface area contributed by atoms with Crippen LogP contribution < -0.4 is 0 Å². The number of esters is 1. The largest absolute Gasteiger partial charge is 0.463 e. The summed E-state index contributed by atoms with van der Waals surface area (Å²) in [6.45, 7) is 2.19. The molecule has 0 atom stereocenters. The molecule has 0 saturated carbocycles. The lowest BCUT2D eigenvalue weighted by atomic mass is 10.00. The summed E-state index contributed by atoms with van der Waals surface area (Å²) in [6, 6.07) is 16.7. The normalized spacial score (nSPS) is 11.4. The molecule has 0 amide bonds. The maximum absolute atomic E-state index is 11.4. The predicted molar refractivity (Wildman–Crippen MR) is 94.8 cm³/mol. The molecule has 3 aromatic rings. The number of carbonyl (C=O) groups excluding carboxylic acids is 1. The van der Waals surface area contributed by atoms with Crippen molar-refractivity contribution in [3.63, 3.8) is 0 Å². The van der Waals surface area contributed by atoms with Crippen LogP contribution in [0.1, 0.15) is 12.5 Å². The van der Waals surface area contributed by atoms with Crippen molar-refractivity contribution in [3.05, 3.63) is 64.6 Å². The molecule has 0 aromatic heterocycles. The van der Waals surface area contributed by atoms with Crippen LogP contribution in [0.25, 0.3) is 27.6 Å². The minimum atomic E-state index is -0.314. The van der Waals surface area contributed by atoms with Gasteiger partial charge < -0.3 is 4.74 Å². The minimum absolute atomic E-state index is 0.314. The smallest absolute Gasteiger partial charge is 0.330 e. The maximum Gasteiger partial charge on any atom is 0.330 e. The first-order chi connectivity index (χ1) is 10.7. The molecule has 0 saturated heterocycles. The van der Waals surface area contributed by atoms with Gasteiger partial charge in [-0.3, -0.25) is 0 Å². The Morgan fingerprint density at radius 1 is 1.05 bits per heavy atom. The number of ether oxygens (including phenoxy) is 1. The molecule has 2 nitrogen and oxygen atoms in total.